The van der Waals surface area contributed by atoms with Crippen molar-refractivity contribution in [2.45, 2.75) is 62.1 Å². The first-order valence-electron chi connectivity index (χ1n) is 9.03. The van der Waals surface area contributed by atoms with Crippen molar-refractivity contribution < 1.29 is 13.2 Å². The Morgan fingerprint density at radius 3 is 2.57 bits per heavy atom. The van der Waals surface area contributed by atoms with Crippen molar-refractivity contribution in [3.63, 3.8) is 0 Å². The van der Waals surface area contributed by atoms with Crippen LogP contribution in [0.4, 0.5) is 0 Å². The molecule has 2 aliphatic heterocycles. The van der Waals surface area contributed by atoms with Gasteiger partial charge in [0.1, 0.15) is 9.84 Å². The van der Waals surface area contributed by atoms with Gasteiger partial charge >= 0.3 is 0 Å². The van der Waals surface area contributed by atoms with Crippen LogP contribution in [0.25, 0.3) is 0 Å². The molecule has 0 aromatic heterocycles. The van der Waals surface area contributed by atoms with Crippen LogP contribution in [0.2, 0.25) is 0 Å². The summed E-state index contributed by atoms with van der Waals surface area (Å²) in [5.74, 6) is 0.577. The van der Waals surface area contributed by atoms with Crippen LogP contribution in [0.1, 0.15) is 38.5 Å². The second kappa shape index (κ2) is 7.78. The maximum absolute atomic E-state index is 11.7. The first-order chi connectivity index (χ1) is 11.0. The fourth-order valence-corrected chi connectivity index (χ4v) is 5.32. The summed E-state index contributed by atoms with van der Waals surface area (Å²) in [7, 11) is -2.87. The molecule has 6 nitrogen and oxygen atoms in total. The van der Waals surface area contributed by atoms with Gasteiger partial charge in [0.15, 0.2) is 0 Å². The minimum absolute atomic E-state index is 0.122. The van der Waals surface area contributed by atoms with Gasteiger partial charge in [0, 0.05) is 38.5 Å². The fraction of sp³-hybridized carbons (Fsp3) is 1.00. The van der Waals surface area contributed by atoms with Crippen molar-refractivity contribution in [2.24, 2.45) is 5.92 Å². The summed E-state index contributed by atoms with van der Waals surface area (Å²) < 4.78 is 29.0. The normalized spacial score (nSPS) is 39.4. The molecule has 0 radical (unpaired) electrons. The Labute approximate surface area is 140 Å². The van der Waals surface area contributed by atoms with Crippen LogP contribution in [-0.4, -0.2) is 64.5 Å². The lowest BCUT2D eigenvalue weighted by Gasteiger charge is -2.40. The summed E-state index contributed by atoms with van der Waals surface area (Å²) in [5, 5.41) is 10.7. The van der Waals surface area contributed by atoms with Crippen LogP contribution >= 0.6 is 0 Å². The van der Waals surface area contributed by atoms with Crippen molar-refractivity contribution in [3.8, 4) is 0 Å². The van der Waals surface area contributed by atoms with E-state index in [4.69, 9.17) is 4.74 Å². The van der Waals surface area contributed by atoms with E-state index < -0.39 is 9.84 Å². The molecule has 3 aliphatic rings. The summed E-state index contributed by atoms with van der Waals surface area (Å²) in [6, 6.07) is 0.436. The van der Waals surface area contributed by atoms with E-state index in [9.17, 15) is 8.42 Å². The summed E-state index contributed by atoms with van der Waals surface area (Å²) in [4.78, 5) is 0. The number of hydrogen-bond donors (Lipinski definition) is 3. The Morgan fingerprint density at radius 2 is 1.91 bits per heavy atom. The lowest BCUT2D eigenvalue weighted by atomic mass is 9.83. The number of rotatable bonds is 5. The Morgan fingerprint density at radius 1 is 1.13 bits per heavy atom. The first kappa shape index (κ1) is 17.6. The largest absolute Gasteiger partial charge is 0.377 e. The van der Waals surface area contributed by atoms with Crippen molar-refractivity contribution >= 4 is 9.84 Å². The monoisotopic (exact) mass is 345 g/mol. The summed E-state index contributed by atoms with van der Waals surface area (Å²) in [6.45, 7) is 3.72. The van der Waals surface area contributed by atoms with E-state index in [2.05, 4.69) is 16.0 Å². The molecule has 3 fully saturated rings. The van der Waals surface area contributed by atoms with Gasteiger partial charge in [-0.3, -0.25) is 10.6 Å². The molecule has 23 heavy (non-hydrogen) atoms. The van der Waals surface area contributed by atoms with Gasteiger partial charge < -0.3 is 10.1 Å². The van der Waals surface area contributed by atoms with Crippen LogP contribution in [0.5, 0.6) is 0 Å². The first-order valence-corrected chi connectivity index (χ1v) is 11.0. The molecule has 0 spiro atoms. The van der Waals surface area contributed by atoms with E-state index in [0.717, 1.165) is 58.3 Å². The molecule has 2 saturated heterocycles. The molecule has 1 saturated carbocycles. The summed E-state index contributed by atoms with van der Waals surface area (Å²) in [5.41, 5.74) is 0. The molecule has 134 valence electrons. The molecule has 0 bridgehead atoms. The number of sulfone groups is 1. The van der Waals surface area contributed by atoms with Gasteiger partial charge in [-0.2, -0.15) is 0 Å². The van der Waals surface area contributed by atoms with Crippen LogP contribution in [0.15, 0.2) is 0 Å². The molecule has 2 unspecified atom stereocenters. The van der Waals surface area contributed by atoms with E-state index in [-0.39, 0.29) is 11.4 Å². The van der Waals surface area contributed by atoms with Crippen LogP contribution in [0.3, 0.4) is 0 Å². The third kappa shape index (κ3) is 4.89. The highest BCUT2D eigenvalue weighted by Crippen LogP contribution is 2.30. The van der Waals surface area contributed by atoms with Gasteiger partial charge in [0.05, 0.1) is 17.5 Å². The van der Waals surface area contributed by atoms with Gasteiger partial charge in [0.25, 0.3) is 0 Å². The molecule has 3 rings (SSSR count). The zero-order chi connectivity index (χ0) is 16.3. The molecular weight excluding hydrogens is 314 g/mol. The number of nitrogens with one attached hydrogen (secondary N) is 3. The Kier molecular flexibility index (Phi) is 5.96. The summed E-state index contributed by atoms with van der Waals surface area (Å²) in [6.07, 6.45) is 8.01. The number of piperazine rings is 1. The van der Waals surface area contributed by atoms with E-state index in [1.807, 2.05) is 0 Å². The quantitative estimate of drug-likeness (QED) is 0.663. The molecule has 3 atom stereocenters. The average molecular weight is 346 g/mol. The van der Waals surface area contributed by atoms with Gasteiger partial charge in [0.2, 0.25) is 0 Å². The van der Waals surface area contributed by atoms with Gasteiger partial charge in [-0.1, -0.05) is 0 Å². The van der Waals surface area contributed by atoms with Crippen LogP contribution in [0, 0.1) is 5.92 Å². The number of ether oxygens (including phenoxy) is 1. The maximum Gasteiger partial charge on any atom is 0.150 e. The van der Waals surface area contributed by atoms with E-state index in [1.165, 1.54) is 12.7 Å². The smallest absolute Gasteiger partial charge is 0.150 e. The van der Waals surface area contributed by atoms with E-state index in [1.54, 1.807) is 0 Å². The Bertz CT molecular complexity index is 471. The molecule has 0 aromatic carbocycles. The highest BCUT2D eigenvalue weighted by atomic mass is 32.2. The molecule has 1 aliphatic carbocycles. The lowest BCUT2D eigenvalue weighted by Crippen LogP contribution is -2.63. The van der Waals surface area contributed by atoms with Crippen molar-refractivity contribution in [1.29, 1.82) is 0 Å². The predicted octanol–water partition coefficient (Wildman–Crippen LogP) is 0.246. The van der Waals surface area contributed by atoms with E-state index >= 15 is 0 Å². The third-order valence-electron chi connectivity index (χ3n) is 5.64. The van der Waals surface area contributed by atoms with Gasteiger partial charge in [-0.05, 0) is 44.4 Å². The standard InChI is InChI=1S/C16H31N3O3S/c1-23(20,21)14-6-4-12(5-7-14)15-10-17-11-16(19-15)18-9-13-3-2-8-22-13/h12-19H,2-11H2,1H3/t12?,13-,14?,15?,16?/m1/s1. The molecule has 7 heteroatoms. The Balaban J connectivity index is 1.43. The minimum atomic E-state index is -2.87. The SMILES string of the molecule is CS(=O)(=O)C1CCC(C2CNCC(NC[C@H]3CCCO3)N2)CC1. The van der Waals surface area contributed by atoms with Crippen molar-refractivity contribution in [3.05, 3.63) is 0 Å². The molecular formula is C16H31N3O3S. The number of hydrogen-bond acceptors (Lipinski definition) is 6. The van der Waals surface area contributed by atoms with E-state index in [0.29, 0.717) is 18.1 Å². The van der Waals surface area contributed by atoms with Gasteiger partial charge in [-0.25, -0.2) is 8.42 Å². The zero-order valence-electron chi connectivity index (χ0n) is 14.1. The maximum atomic E-state index is 11.7. The lowest BCUT2D eigenvalue weighted by molar-refractivity contribution is 0.102. The highest BCUT2D eigenvalue weighted by Gasteiger charge is 2.34. The molecule has 3 N–H and O–H groups in total. The minimum Gasteiger partial charge on any atom is -0.377 e. The molecule has 2 heterocycles. The zero-order valence-corrected chi connectivity index (χ0v) is 14.9. The van der Waals surface area contributed by atoms with Crippen LogP contribution < -0.4 is 16.0 Å². The Hall–Kier alpha value is -0.210. The second-order valence-electron chi connectivity index (χ2n) is 7.39. The highest BCUT2D eigenvalue weighted by molar-refractivity contribution is 7.91. The molecule has 0 amide bonds. The predicted molar refractivity (Wildman–Crippen MR) is 91.1 cm³/mol. The van der Waals surface area contributed by atoms with Crippen molar-refractivity contribution in [1.82, 2.24) is 16.0 Å². The van der Waals surface area contributed by atoms with Crippen LogP contribution in [-0.2, 0) is 14.6 Å². The third-order valence-corrected chi connectivity index (χ3v) is 7.32. The fourth-order valence-electron chi connectivity index (χ4n) is 4.19. The topological polar surface area (TPSA) is 79.5 Å². The average Bonchev–Trinajstić information content (AvgIpc) is 3.06. The van der Waals surface area contributed by atoms with Gasteiger partial charge in [-0.15, -0.1) is 0 Å². The molecule has 0 aromatic rings. The van der Waals surface area contributed by atoms with Crippen molar-refractivity contribution in [2.75, 3.05) is 32.5 Å². The summed E-state index contributed by atoms with van der Waals surface area (Å²) >= 11 is 0. The second-order valence-corrected chi connectivity index (χ2v) is 9.72.